The summed E-state index contributed by atoms with van der Waals surface area (Å²) in [6, 6.07) is -0.636. The third-order valence-electron chi connectivity index (χ3n) is 2.69. The summed E-state index contributed by atoms with van der Waals surface area (Å²) in [5.74, 6) is -0.633. The lowest BCUT2D eigenvalue weighted by atomic mass is 9.93. The highest BCUT2D eigenvalue weighted by atomic mass is 35.5. The second kappa shape index (κ2) is 6.22. The topological polar surface area (TPSA) is 63.3 Å². The molecule has 1 aliphatic rings. The second-order valence-corrected chi connectivity index (χ2v) is 3.62. The number of hydrogen-bond donors (Lipinski definition) is 2. The summed E-state index contributed by atoms with van der Waals surface area (Å²) in [6.07, 6.45) is 6.75. The molecule has 1 saturated carbocycles. The Bertz CT molecular complexity index is 156. The number of carbonyl (C=O) groups is 1. The average molecular weight is 208 g/mol. The SMILES string of the molecule is Cl.N[C@H](C(=O)O)C1CCCCCC1. The molecule has 0 saturated heterocycles. The van der Waals surface area contributed by atoms with Crippen molar-refractivity contribution in [3.8, 4) is 0 Å². The lowest BCUT2D eigenvalue weighted by Crippen LogP contribution is -2.37. The van der Waals surface area contributed by atoms with Crippen LogP contribution in [0.1, 0.15) is 38.5 Å². The predicted octanol–water partition coefficient (Wildman–Crippen LogP) is 1.79. The van der Waals surface area contributed by atoms with E-state index in [0.29, 0.717) is 0 Å². The smallest absolute Gasteiger partial charge is 0.320 e. The molecule has 3 nitrogen and oxygen atoms in total. The van der Waals surface area contributed by atoms with Crippen LogP contribution >= 0.6 is 12.4 Å². The van der Waals surface area contributed by atoms with Crippen molar-refractivity contribution in [3.05, 3.63) is 0 Å². The first-order chi connectivity index (χ1) is 5.72. The first-order valence-corrected chi connectivity index (χ1v) is 4.70. The molecule has 0 spiro atoms. The van der Waals surface area contributed by atoms with E-state index in [9.17, 15) is 4.79 Å². The van der Waals surface area contributed by atoms with Crippen LogP contribution in [0.4, 0.5) is 0 Å². The average Bonchev–Trinajstić information content (AvgIpc) is 2.30. The molecule has 3 N–H and O–H groups in total. The highest BCUT2D eigenvalue weighted by molar-refractivity contribution is 5.85. The molecule has 1 fully saturated rings. The van der Waals surface area contributed by atoms with Gasteiger partial charge in [0.15, 0.2) is 0 Å². The molecule has 0 aromatic heterocycles. The molecule has 78 valence electrons. The van der Waals surface area contributed by atoms with Crippen molar-refractivity contribution in [2.24, 2.45) is 11.7 Å². The number of aliphatic carboxylic acids is 1. The molecule has 0 aromatic rings. The fourth-order valence-electron chi connectivity index (χ4n) is 1.87. The first kappa shape index (κ1) is 12.7. The number of carboxylic acids is 1. The highest BCUT2D eigenvalue weighted by Gasteiger charge is 2.24. The van der Waals surface area contributed by atoms with Crippen LogP contribution in [0.2, 0.25) is 0 Å². The van der Waals surface area contributed by atoms with Gasteiger partial charge in [0, 0.05) is 0 Å². The van der Waals surface area contributed by atoms with Gasteiger partial charge >= 0.3 is 5.97 Å². The minimum Gasteiger partial charge on any atom is -0.480 e. The molecule has 0 radical (unpaired) electrons. The van der Waals surface area contributed by atoms with Gasteiger partial charge in [0.2, 0.25) is 0 Å². The standard InChI is InChI=1S/C9H17NO2.ClH/c10-8(9(11)12)7-5-3-1-2-4-6-7;/h7-8H,1-6,10H2,(H,11,12);1H/t8-;/m0./s1. The fourth-order valence-corrected chi connectivity index (χ4v) is 1.87. The van der Waals surface area contributed by atoms with E-state index < -0.39 is 12.0 Å². The number of hydrogen-bond acceptors (Lipinski definition) is 2. The van der Waals surface area contributed by atoms with Crippen LogP contribution in [-0.2, 0) is 4.79 Å². The summed E-state index contributed by atoms with van der Waals surface area (Å²) in [7, 11) is 0. The van der Waals surface area contributed by atoms with E-state index in [2.05, 4.69) is 0 Å². The van der Waals surface area contributed by atoms with Gasteiger partial charge in [0.1, 0.15) is 6.04 Å². The van der Waals surface area contributed by atoms with E-state index in [4.69, 9.17) is 10.8 Å². The minimum atomic E-state index is -0.845. The van der Waals surface area contributed by atoms with Gasteiger partial charge in [-0.15, -0.1) is 12.4 Å². The Morgan fingerprint density at radius 3 is 2.08 bits per heavy atom. The van der Waals surface area contributed by atoms with Crippen LogP contribution in [0.15, 0.2) is 0 Å². The molecule has 0 aliphatic heterocycles. The van der Waals surface area contributed by atoms with Crippen LogP contribution in [0.5, 0.6) is 0 Å². The second-order valence-electron chi connectivity index (χ2n) is 3.62. The van der Waals surface area contributed by atoms with Crippen molar-refractivity contribution in [1.29, 1.82) is 0 Å². The van der Waals surface area contributed by atoms with Crippen molar-refractivity contribution in [1.82, 2.24) is 0 Å². The van der Waals surface area contributed by atoms with Gasteiger partial charge in [-0.25, -0.2) is 0 Å². The molecule has 1 aliphatic carbocycles. The van der Waals surface area contributed by atoms with Gasteiger partial charge < -0.3 is 10.8 Å². The Hall–Kier alpha value is -0.280. The van der Waals surface area contributed by atoms with Crippen molar-refractivity contribution < 1.29 is 9.90 Å². The molecule has 0 heterocycles. The Balaban J connectivity index is 0.00000144. The normalized spacial score (nSPS) is 21.3. The van der Waals surface area contributed by atoms with E-state index >= 15 is 0 Å². The quantitative estimate of drug-likeness (QED) is 0.679. The Morgan fingerprint density at radius 1 is 1.23 bits per heavy atom. The van der Waals surface area contributed by atoms with Crippen molar-refractivity contribution >= 4 is 18.4 Å². The lowest BCUT2D eigenvalue weighted by Gasteiger charge is -2.17. The van der Waals surface area contributed by atoms with Crippen LogP contribution in [0, 0.1) is 5.92 Å². The molecule has 0 unspecified atom stereocenters. The monoisotopic (exact) mass is 207 g/mol. The van der Waals surface area contributed by atoms with Gasteiger partial charge in [-0.3, -0.25) is 4.79 Å². The van der Waals surface area contributed by atoms with Crippen LogP contribution < -0.4 is 5.73 Å². The van der Waals surface area contributed by atoms with Gasteiger partial charge in [0.25, 0.3) is 0 Å². The maximum Gasteiger partial charge on any atom is 0.320 e. The van der Waals surface area contributed by atoms with Crippen molar-refractivity contribution in [2.45, 2.75) is 44.6 Å². The van der Waals surface area contributed by atoms with Gasteiger partial charge in [-0.1, -0.05) is 25.7 Å². The number of nitrogens with two attached hydrogens (primary N) is 1. The van der Waals surface area contributed by atoms with Gasteiger partial charge in [-0.05, 0) is 18.8 Å². The highest BCUT2D eigenvalue weighted by Crippen LogP contribution is 2.24. The van der Waals surface area contributed by atoms with E-state index in [1.165, 1.54) is 12.8 Å². The molecular formula is C9H18ClNO2. The van der Waals surface area contributed by atoms with Gasteiger partial charge in [0.05, 0.1) is 0 Å². The summed E-state index contributed by atoms with van der Waals surface area (Å²) in [5.41, 5.74) is 5.56. The summed E-state index contributed by atoms with van der Waals surface area (Å²) in [4.78, 5) is 10.6. The molecule has 1 atom stereocenters. The molecule has 4 heteroatoms. The third kappa shape index (κ3) is 3.96. The zero-order valence-electron chi connectivity index (χ0n) is 7.74. The zero-order chi connectivity index (χ0) is 8.97. The molecule has 1 rings (SSSR count). The number of carboxylic acid groups (broad SMARTS) is 1. The minimum absolute atomic E-state index is 0. The van der Waals surface area contributed by atoms with Crippen LogP contribution in [-0.4, -0.2) is 17.1 Å². The molecule has 0 amide bonds. The maximum atomic E-state index is 10.6. The predicted molar refractivity (Wildman–Crippen MR) is 54.1 cm³/mol. The van der Waals surface area contributed by atoms with Gasteiger partial charge in [-0.2, -0.15) is 0 Å². The fraction of sp³-hybridized carbons (Fsp3) is 0.889. The van der Waals surface area contributed by atoms with E-state index in [1.54, 1.807) is 0 Å². The maximum absolute atomic E-state index is 10.6. The van der Waals surface area contributed by atoms with E-state index in [-0.39, 0.29) is 18.3 Å². The first-order valence-electron chi connectivity index (χ1n) is 4.70. The summed E-state index contributed by atoms with van der Waals surface area (Å²) in [5, 5.41) is 8.70. The van der Waals surface area contributed by atoms with Crippen LogP contribution in [0.25, 0.3) is 0 Å². The van der Waals surface area contributed by atoms with E-state index in [0.717, 1.165) is 25.7 Å². The molecule has 13 heavy (non-hydrogen) atoms. The molecule has 0 bridgehead atoms. The number of rotatable bonds is 2. The lowest BCUT2D eigenvalue weighted by molar-refractivity contribution is -0.140. The molecular weight excluding hydrogens is 190 g/mol. The molecule has 0 aromatic carbocycles. The Labute approximate surface area is 85.1 Å². The third-order valence-corrected chi connectivity index (χ3v) is 2.69. The largest absolute Gasteiger partial charge is 0.480 e. The van der Waals surface area contributed by atoms with Crippen LogP contribution in [0.3, 0.4) is 0 Å². The zero-order valence-corrected chi connectivity index (χ0v) is 8.55. The Morgan fingerprint density at radius 2 is 1.69 bits per heavy atom. The van der Waals surface area contributed by atoms with Crippen molar-refractivity contribution in [2.75, 3.05) is 0 Å². The Kier molecular flexibility index (Phi) is 6.08. The summed E-state index contributed by atoms with van der Waals surface area (Å²) < 4.78 is 0. The number of halogens is 1. The van der Waals surface area contributed by atoms with E-state index in [1.807, 2.05) is 0 Å². The summed E-state index contributed by atoms with van der Waals surface area (Å²) >= 11 is 0. The summed E-state index contributed by atoms with van der Waals surface area (Å²) in [6.45, 7) is 0. The van der Waals surface area contributed by atoms with Crippen molar-refractivity contribution in [3.63, 3.8) is 0 Å².